The van der Waals surface area contributed by atoms with Crippen LogP contribution in [0.1, 0.15) is 29.3 Å². The predicted octanol–water partition coefficient (Wildman–Crippen LogP) is 2.01. The first-order valence-corrected chi connectivity index (χ1v) is 8.40. The molecule has 0 bridgehead atoms. The number of carbonyl (C=O) groups excluding carboxylic acids is 2. The molecule has 1 atom stereocenters. The van der Waals surface area contributed by atoms with Crippen molar-refractivity contribution in [3.8, 4) is 0 Å². The minimum Gasteiger partial charge on any atom is -0.453 e. The van der Waals surface area contributed by atoms with Crippen molar-refractivity contribution in [2.24, 2.45) is 0 Å². The van der Waals surface area contributed by atoms with Gasteiger partial charge in [0, 0.05) is 11.2 Å². The molecule has 1 aromatic carbocycles. The third kappa shape index (κ3) is 4.48. The maximum Gasteiger partial charge on any atom is 0.326 e. The van der Waals surface area contributed by atoms with Crippen LogP contribution in [0, 0.1) is 0 Å². The van der Waals surface area contributed by atoms with E-state index in [1.165, 1.54) is 18.3 Å². The summed E-state index contributed by atoms with van der Waals surface area (Å²) in [6.07, 6.45) is 0.593. The van der Waals surface area contributed by atoms with Gasteiger partial charge in [-0.25, -0.2) is 4.98 Å². The number of ether oxygens (including phenoxy) is 1. The Kier molecular flexibility index (Phi) is 5.46. The van der Waals surface area contributed by atoms with Crippen molar-refractivity contribution in [1.29, 1.82) is 0 Å². The standard InChI is InChI=1S/C18H15ClN4O4/c1-10(16-22-13-5-3-2-4-12(13)17(25)23-16)27-15(24)9-21-18(26)14-8-11(19)6-7-20-14/h2-8,10H,9H2,1H3,(H,21,26)(H,22,23,25)/t10-/m1/s1. The van der Waals surface area contributed by atoms with Crippen molar-refractivity contribution in [1.82, 2.24) is 20.3 Å². The molecule has 8 nitrogen and oxygen atoms in total. The van der Waals surface area contributed by atoms with Crippen molar-refractivity contribution in [2.45, 2.75) is 13.0 Å². The van der Waals surface area contributed by atoms with Crippen LogP contribution in [-0.2, 0) is 9.53 Å². The summed E-state index contributed by atoms with van der Waals surface area (Å²) >= 11 is 5.79. The number of rotatable bonds is 5. The van der Waals surface area contributed by atoms with Gasteiger partial charge in [-0.3, -0.25) is 19.4 Å². The SMILES string of the molecule is C[C@@H](OC(=O)CNC(=O)c1cc(Cl)ccn1)c1nc2ccccc2c(=O)[nH]1. The van der Waals surface area contributed by atoms with Crippen molar-refractivity contribution in [2.75, 3.05) is 6.54 Å². The number of esters is 1. The van der Waals surface area contributed by atoms with Gasteiger partial charge in [-0.05, 0) is 31.2 Å². The van der Waals surface area contributed by atoms with Crippen molar-refractivity contribution in [3.63, 3.8) is 0 Å². The Balaban J connectivity index is 1.62. The number of benzene rings is 1. The van der Waals surface area contributed by atoms with Crippen LogP contribution in [0.3, 0.4) is 0 Å². The molecule has 3 aromatic rings. The molecule has 2 heterocycles. The number of nitrogens with one attached hydrogen (secondary N) is 2. The molecule has 1 amide bonds. The highest BCUT2D eigenvalue weighted by atomic mass is 35.5. The number of hydrogen-bond donors (Lipinski definition) is 2. The number of fused-ring (bicyclic) bond motifs is 1. The lowest BCUT2D eigenvalue weighted by molar-refractivity contribution is -0.147. The lowest BCUT2D eigenvalue weighted by Gasteiger charge is -2.13. The minimum absolute atomic E-state index is 0.0869. The quantitative estimate of drug-likeness (QED) is 0.648. The highest BCUT2D eigenvalue weighted by molar-refractivity contribution is 6.30. The maximum absolute atomic E-state index is 12.1. The molecule has 0 aliphatic heterocycles. The van der Waals surface area contributed by atoms with Crippen molar-refractivity contribution < 1.29 is 14.3 Å². The first-order valence-electron chi connectivity index (χ1n) is 8.02. The van der Waals surface area contributed by atoms with Gasteiger partial charge in [0.1, 0.15) is 12.2 Å². The van der Waals surface area contributed by atoms with Crippen LogP contribution in [0.25, 0.3) is 10.9 Å². The van der Waals surface area contributed by atoms with Crippen LogP contribution in [0.5, 0.6) is 0 Å². The Morgan fingerprint density at radius 2 is 2.07 bits per heavy atom. The number of carbonyl (C=O) groups is 2. The molecule has 0 saturated heterocycles. The third-order valence-electron chi connectivity index (χ3n) is 3.67. The molecular weight excluding hydrogens is 372 g/mol. The second kappa shape index (κ2) is 7.96. The molecule has 0 radical (unpaired) electrons. The lowest BCUT2D eigenvalue weighted by Crippen LogP contribution is -2.31. The minimum atomic E-state index is -0.795. The van der Waals surface area contributed by atoms with E-state index in [1.807, 2.05) is 0 Å². The number of amides is 1. The van der Waals surface area contributed by atoms with Crippen molar-refractivity contribution in [3.05, 3.63) is 69.5 Å². The van der Waals surface area contributed by atoms with Crippen LogP contribution in [-0.4, -0.2) is 33.4 Å². The fraction of sp³-hybridized carbons (Fsp3) is 0.167. The zero-order valence-electron chi connectivity index (χ0n) is 14.2. The molecular formula is C18H15ClN4O4. The average Bonchev–Trinajstić information content (AvgIpc) is 2.66. The topological polar surface area (TPSA) is 114 Å². The van der Waals surface area contributed by atoms with Gasteiger partial charge in [0.05, 0.1) is 10.9 Å². The largest absolute Gasteiger partial charge is 0.453 e. The van der Waals surface area contributed by atoms with Crippen LogP contribution < -0.4 is 10.9 Å². The zero-order valence-corrected chi connectivity index (χ0v) is 15.0. The highest BCUT2D eigenvalue weighted by Gasteiger charge is 2.17. The molecule has 0 unspecified atom stereocenters. The van der Waals surface area contributed by atoms with Crippen LogP contribution >= 0.6 is 11.6 Å². The molecule has 2 N–H and O–H groups in total. The normalized spacial score (nSPS) is 11.8. The molecule has 0 spiro atoms. The van der Waals surface area contributed by atoms with Crippen LogP contribution in [0.2, 0.25) is 5.02 Å². The number of hydrogen-bond acceptors (Lipinski definition) is 6. The van der Waals surface area contributed by atoms with E-state index in [4.69, 9.17) is 16.3 Å². The van der Waals surface area contributed by atoms with E-state index >= 15 is 0 Å². The Labute approximate surface area is 158 Å². The smallest absolute Gasteiger partial charge is 0.326 e. The first kappa shape index (κ1) is 18.5. The number of para-hydroxylation sites is 1. The molecule has 9 heteroatoms. The molecule has 0 fully saturated rings. The predicted molar refractivity (Wildman–Crippen MR) is 98.5 cm³/mol. The monoisotopic (exact) mass is 386 g/mol. The van der Waals surface area contributed by atoms with Gasteiger partial charge in [0.2, 0.25) is 0 Å². The lowest BCUT2D eigenvalue weighted by atomic mass is 10.2. The van der Waals surface area contributed by atoms with E-state index in [2.05, 4.69) is 20.3 Å². The van der Waals surface area contributed by atoms with Gasteiger partial charge >= 0.3 is 5.97 Å². The van der Waals surface area contributed by atoms with Crippen LogP contribution in [0.4, 0.5) is 0 Å². The summed E-state index contributed by atoms with van der Waals surface area (Å²) in [5, 5.41) is 3.20. The van der Waals surface area contributed by atoms with Crippen LogP contribution in [0.15, 0.2) is 47.4 Å². The van der Waals surface area contributed by atoms with E-state index in [0.717, 1.165) is 0 Å². The summed E-state index contributed by atoms with van der Waals surface area (Å²) in [7, 11) is 0. The Morgan fingerprint density at radius 3 is 2.85 bits per heavy atom. The summed E-state index contributed by atoms with van der Waals surface area (Å²) in [6.45, 7) is 1.21. The number of pyridine rings is 1. The molecule has 138 valence electrons. The number of aromatic nitrogens is 3. The van der Waals surface area contributed by atoms with E-state index in [1.54, 1.807) is 31.2 Å². The second-order valence-corrected chi connectivity index (χ2v) is 6.08. The van der Waals surface area contributed by atoms with E-state index in [0.29, 0.717) is 15.9 Å². The van der Waals surface area contributed by atoms with Gasteiger partial charge < -0.3 is 15.0 Å². The summed E-state index contributed by atoms with van der Waals surface area (Å²) < 4.78 is 5.22. The van der Waals surface area contributed by atoms with E-state index in [9.17, 15) is 14.4 Å². The average molecular weight is 387 g/mol. The summed E-state index contributed by atoms with van der Waals surface area (Å²) in [6, 6.07) is 9.76. The van der Waals surface area contributed by atoms with E-state index < -0.39 is 18.0 Å². The van der Waals surface area contributed by atoms with Crippen molar-refractivity contribution >= 4 is 34.4 Å². The Bertz CT molecular complexity index is 1070. The fourth-order valence-corrected chi connectivity index (χ4v) is 2.52. The fourth-order valence-electron chi connectivity index (χ4n) is 2.36. The van der Waals surface area contributed by atoms with Gasteiger partial charge in [0.25, 0.3) is 11.5 Å². The molecule has 0 aliphatic carbocycles. The summed E-state index contributed by atoms with van der Waals surface area (Å²) in [5.41, 5.74) is 0.266. The van der Waals surface area contributed by atoms with E-state index in [-0.39, 0.29) is 23.6 Å². The highest BCUT2D eigenvalue weighted by Crippen LogP contribution is 2.14. The Hall–Kier alpha value is -3.26. The number of halogens is 1. The Morgan fingerprint density at radius 1 is 1.30 bits per heavy atom. The maximum atomic E-state index is 12.1. The second-order valence-electron chi connectivity index (χ2n) is 5.64. The summed E-state index contributed by atoms with van der Waals surface area (Å²) in [5.74, 6) is -1.03. The molecule has 2 aromatic heterocycles. The van der Waals surface area contributed by atoms with Gasteiger partial charge in [-0.2, -0.15) is 0 Å². The molecule has 0 saturated carbocycles. The van der Waals surface area contributed by atoms with Gasteiger partial charge in [-0.15, -0.1) is 0 Å². The molecule has 3 rings (SSSR count). The zero-order chi connectivity index (χ0) is 19.4. The number of nitrogens with zero attached hydrogens (tertiary/aromatic N) is 2. The number of aromatic amines is 1. The van der Waals surface area contributed by atoms with Gasteiger partial charge in [0.15, 0.2) is 11.9 Å². The van der Waals surface area contributed by atoms with Gasteiger partial charge in [-0.1, -0.05) is 23.7 Å². The molecule has 27 heavy (non-hydrogen) atoms. The summed E-state index contributed by atoms with van der Waals surface area (Å²) in [4.78, 5) is 46.8. The third-order valence-corrected chi connectivity index (χ3v) is 3.91. The molecule has 0 aliphatic rings. The first-order chi connectivity index (χ1) is 12.9. The number of H-pyrrole nitrogens is 1.